The van der Waals surface area contributed by atoms with Crippen LogP contribution in [0, 0.1) is 6.92 Å². The van der Waals surface area contributed by atoms with Gasteiger partial charge in [0.05, 0.1) is 11.4 Å². The standard InChI is InChI=1S/C22H18Cl2N4O2S/c1-14-4-2-5-16(8-14)30-11-15-9-20(31-12-15)21(29)26-22-25-13-28(27-22)10-17-18(23)6-3-7-19(17)24/h2-9,12-13H,10-11H2,1H3,(H,26,27,29). The van der Waals surface area contributed by atoms with Crippen LogP contribution in [0.1, 0.15) is 26.4 Å². The van der Waals surface area contributed by atoms with E-state index in [0.717, 1.165) is 22.4 Å². The molecule has 0 bridgehead atoms. The molecule has 2 heterocycles. The summed E-state index contributed by atoms with van der Waals surface area (Å²) in [6.07, 6.45) is 1.52. The van der Waals surface area contributed by atoms with Crippen molar-refractivity contribution in [1.29, 1.82) is 0 Å². The number of carbonyl (C=O) groups is 1. The van der Waals surface area contributed by atoms with E-state index in [-0.39, 0.29) is 11.9 Å². The SMILES string of the molecule is Cc1cccc(OCc2csc(C(=O)Nc3ncn(Cc4c(Cl)cccc4Cl)n3)c2)c1. The number of amides is 1. The molecular formula is C22H18Cl2N4O2S. The first-order chi connectivity index (χ1) is 15.0. The highest BCUT2D eigenvalue weighted by atomic mass is 35.5. The van der Waals surface area contributed by atoms with E-state index in [0.29, 0.717) is 28.1 Å². The van der Waals surface area contributed by atoms with Crippen LogP contribution < -0.4 is 10.1 Å². The second-order valence-corrected chi connectivity index (χ2v) is 8.57. The number of aryl methyl sites for hydroxylation is 1. The number of thiophene rings is 1. The fourth-order valence-electron chi connectivity index (χ4n) is 2.88. The maximum absolute atomic E-state index is 12.5. The molecule has 0 saturated carbocycles. The molecule has 0 spiro atoms. The summed E-state index contributed by atoms with van der Waals surface area (Å²) in [6.45, 7) is 2.75. The lowest BCUT2D eigenvalue weighted by Gasteiger charge is -2.06. The quantitative estimate of drug-likeness (QED) is 0.367. The molecule has 0 fully saturated rings. The molecule has 2 aromatic carbocycles. The van der Waals surface area contributed by atoms with Gasteiger partial charge in [-0.15, -0.1) is 16.4 Å². The van der Waals surface area contributed by atoms with Crippen LogP contribution in [0.25, 0.3) is 0 Å². The maximum Gasteiger partial charge on any atom is 0.268 e. The van der Waals surface area contributed by atoms with E-state index in [1.807, 2.05) is 36.6 Å². The van der Waals surface area contributed by atoms with Crippen LogP contribution >= 0.6 is 34.5 Å². The Morgan fingerprint density at radius 2 is 1.94 bits per heavy atom. The molecule has 1 amide bonds. The molecule has 0 aliphatic carbocycles. The molecule has 1 N–H and O–H groups in total. The molecule has 4 rings (SSSR count). The molecule has 0 unspecified atom stereocenters. The Morgan fingerprint density at radius 1 is 1.16 bits per heavy atom. The lowest BCUT2D eigenvalue weighted by molar-refractivity contribution is 0.102. The predicted octanol–water partition coefficient (Wildman–Crippen LogP) is 5.83. The molecule has 9 heteroatoms. The van der Waals surface area contributed by atoms with E-state index < -0.39 is 0 Å². The van der Waals surface area contributed by atoms with Crippen molar-refractivity contribution in [2.75, 3.05) is 5.32 Å². The summed E-state index contributed by atoms with van der Waals surface area (Å²) < 4.78 is 7.36. The van der Waals surface area contributed by atoms with Crippen molar-refractivity contribution in [3.8, 4) is 5.75 Å². The van der Waals surface area contributed by atoms with Crippen molar-refractivity contribution in [1.82, 2.24) is 14.8 Å². The van der Waals surface area contributed by atoms with E-state index in [1.165, 1.54) is 17.7 Å². The number of carbonyl (C=O) groups excluding carboxylic acids is 1. The third kappa shape index (κ3) is 5.44. The van der Waals surface area contributed by atoms with Crippen LogP contribution in [0.15, 0.2) is 60.2 Å². The summed E-state index contributed by atoms with van der Waals surface area (Å²) in [5.74, 6) is 0.727. The van der Waals surface area contributed by atoms with Gasteiger partial charge in [0.25, 0.3) is 5.91 Å². The predicted molar refractivity (Wildman–Crippen MR) is 123 cm³/mol. The van der Waals surface area contributed by atoms with Gasteiger partial charge in [0.1, 0.15) is 18.7 Å². The minimum atomic E-state index is -0.277. The Bertz CT molecular complexity index is 1200. The number of nitrogens with one attached hydrogen (secondary N) is 1. The third-order valence-corrected chi connectivity index (χ3v) is 6.10. The zero-order valence-electron chi connectivity index (χ0n) is 16.5. The zero-order valence-corrected chi connectivity index (χ0v) is 18.8. The van der Waals surface area contributed by atoms with Crippen molar-refractivity contribution in [3.63, 3.8) is 0 Å². The first kappa shape index (κ1) is 21.4. The number of anilines is 1. The highest BCUT2D eigenvalue weighted by Gasteiger charge is 2.13. The number of ether oxygens (including phenoxy) is 1. The molecule has 0 aliphatic heterocycles. The summed E-state index contributed by atoms with van der Waals surface area (Å²) in [5.41, 5.74) is 2.79. The Morgan fingerprint density at radius 3 is 2.71 bits per heavy atom. The average Bonchev–Trinajstić information content (AvgIpc) is 3.39. The van der Waals surface area contributed by atoms with Crippen molar-refractivity contribution in [2.24, 2.45) is 0 Å². The monoisotopic (exact) mass is 472 g/mol. The number of benzene rings is 2. The number of rotatable bonds is 7. The number of aromatic nitrogens is 3. The van der Waals surface area contributed by atoms with Crippen molar-refractivity contribution >= 4 is 46.4 Å². The molecule has 0 atom stereocenters. The van der Waals surface area contributed by atoms with E-state index in [9.17, 15) is 4.79 Å². The number of hydrogen-bond donors (Lipinski definition) is 1. The minimum absolute atomic E-state index is 0.208. The molecular weight excluding hydrogens is 455 g/mol. The first-order valence-electron chi connectivity index (χ1n) is 9.38. The van der Waals surface area contributed by atoms with Gasteiger partial charge >= 0.3 is 0 Å². The molecule has 31 heavy (non-hydrogen) atoms. The van der Waals surface area contributed by atoms with Crippen LogP contribution in [0.2, 0.25) is 10.0 Å². The van der Waals surface area contributed by atoms with Gasteiger partial charge in [-0.3, -0.25) is 10.1 Å². The van der Waals surface area contributed by atoms with E-state index in [4.69, 9.17) is 27.9 Å². The van der Waals surface area contributed by atoms with E-state index in [2.05, 4.69) is 15.4 Å². The van der Waals surface area contributed by atoms with Gasteiger partial charge in [-0.2, -0.15) is 0 Å². The first-order valence-corrected chi connectivity index (χ1v) is 11.0. The Hall–Kier alpha value is -2.87. The Labute approximate surface area is 193 Å². The van der Waals surface area contributed by atoms with Gasteiger partial charge in [-0.25, -0.2) is 9.67 Å². The van der Waals surface area contributed by atoms with Gasteiger partial charge in [0.2, 0.25) is 5.95 Å². The third-order valence-electron chi connectivity index (χ3n) is 4.42. The van der Waals surface area contributed by atoms with E-state index >= 15 is 0 Å². The summed E-state index contributed by atoms with van der Waals surface area (Å²) in [7, 11) is 0. The highest BCUT2D eigenvalue weighted by molar-refractivity contribution is 7.12. The topological polar surface area (TPSA) is 69.0 Å². The van der Waals surface area contributed by atoms with Gasteiger partial charge < -0.3 is 4.74 Å². The molecule has 0 aliphatic rings. The van der Waals surface area contributed by atoms with Crippen molar-refractivity contribution < 1.29 is 9.53 Å². The lowest BCUT2D eigenvalue weighted by Crippen LogP contribution is -2.12. The van der Waals surface area contributed by atoms with Gasteiger partial charge in [-0.05, 0) is 48.2 Å². The number of nitrogens with zero attached hydrogens (tertiary/aromatic N) is 3. The molecule has 2 aromatic heterocycles. The molecule has 158 valence electrons. The number of halogens is 2. The van der Waals surface area contributed by atoms with Gasteiger partial charge in [0.15, 0.2) is 0 Å². The van der Waals surface area contributed by atoms with Crippen LogP contribution in [0.4, 0.5) is 5.95 Å². The largest absolute Gasteiger partial charge is 0.489 e. The maximum atomic E-state index is 12.5. The lowest BCUT2D eigenvalue weighted by atomic mass is 10.2. The van der Waals surface area contributed by atoms with Crippen LogP contribution in [0.3, 0.4) is 0 Å². The normalized spacial score (nSPS) is 10.8. The molecule has 0 saturated heterocycles. The summed E-state index contributed by atoms with van der Waals surface area (Å²) in [6, 6.07) is 14.9. The smallest absolute Gasteiger partial charge is 0.268 e. The molecule has 0 radical (unpaired) electrons. The van der Waals surface area contributed by atoms with Crippen LogP contribution in [-0.2, 0) is 13.2 Å². The van der Waals surface area contributed by atoms with E-state index in [1.54, 1.807) is 28.9 Å². The van der Waals surface area contributed by atoms with Crippen LogP contribution in [0.5, 0.6) is 5.75 Å². The molecule has 6 nitrogen and oxygen atoms in total. The van der Waals surface area contributed by atoms with Crippen molar-refractivity contribution in [2.45, 2.75) is 20.1 Å². The summed E-state index contributed by atoms with van der Waals surface area (Å²) >= 11 is 13.7. The summed E-state index contributed by atoms with van der Waals surface area (Å²) in [4.78, 5) is 17.2. The average molecular weight is 473 g/mol. The second-order valence-electron chi connectivity index (χ2n) is 6.84. The summed E-state index contributed by atoms with van der Waals surface area (Å²) in [5, 5.41) is 9.99. The van der Waals surface area contributed by atoms with Gasteiger partial charge in [-0.1, -0.05) is 41.4 Å². The molecule has 4 aromatic rings. The fraction of sp³-hybridized carbons (Fsp3) is 0.136. The highest BCUT2D eigenvalue weighted by Crippen LogP contribution is 2.25. The Kier molecular flexibility index (Phi) is 6.56. The fourth-order valence-corrected chi connectivity index (χ4v) is 4.19. The zero-order chi connectivity index (χ0) is 21.8. The minimum Gasteiger partial charge on any atom is -0.489 e. The Balaban J connectivity index is 1.36. The van der Waals surface area contributed by atoms with Crippen LogP contribution in [-0.4, -0.2) is 20.7 Å². The number of hydrogen-bond acceptors (Lipinski definition) is 5. The van der Waals surface area contributed by atoms with Crippen molar-refractivity contribution in [3.05, 3.63) is 91.9 Å². The second kappa shape index (κ2) is 9.51. The van der Waals surface area contributed by atoms with Gasteiger partial charge in [0, 0.05) is 21.2 Å².